The Balaban J connectivity index is 1.90. The number of methoxy groups -OCH3 is 2. The molecule has 0 radical (unpaired) electrons. The van der Waals surface area contributed by atoms with Gasteiger partial charge in [0.05, 0.1) is 19.9 Å². The second kappa shape index (κ2) is 12.2. The van der Waals surface area contributed by atoms with Gasteiger partial charge in [0.25, 0.3) is 0 Å². The summed E-state index contributed by atoms with van der Waals surface area (Å²) in [6, 6.07) is 31.8. The number of para-hydroxylation sites is 2. The Morgan fingerprint density at radius 2 is 1.19 bits per heavy atom. The minimum atomic E-state index is -0.978. The fraction of sp³-hybridized carbons (Fsp3) is 0.242. The zero-order chi connectivity index (χ0) is 26.4. The Morgan fingerprint density at radius 3 is 1.73 bits per heavy atom. The normalized spacial score (nSPS) is 11.6. The third-order valence-corrected chi connectivity index (χ3v) is 9.11. The Hall–Kier alpha value is -3.42. The standard InChI is InChI=1S/C33H36NO2P/c1-23(2)25-19-20-27(24(3)4)28(21-25)34-22-26-13-7-10-16-31(26)37(32-17-11-8-14-29(32)35-5)33-18-12-9-15-30(33)36-6/h7-24H,1-6H3. The van der Waals surface area contributed by atoms with Gasteiger partial charge in [0, 0.05) is 22.4 Å². The lowest BCUT2D eigenvalue weighted by Gasteiger charge is -2.24. The van der Waals surface area contributed by atoms with E-state index in [1.54, 1.807) is 14.2 Å². The fourth-order valence-corrected chi connectivity index (χ4v) is 7.12. The summed E-state index contributed by atoms with van der Waals surface area (Å²) in [5.74, 6) is 2.59. The summed E-state index contributed by atoms with van der Waals surface area (Å²) in [6.45, 7) is 8.89. The second-order valence-electron chi connectivity index (χ2n) is 9.62. The number of benzene rings is 4. The zero-order valence-electron chi connectivity index (χ0n) is 22.6. The molecule has 4 aromatic rings. The molecule has 0 aromatic heterocycles. The van der Waals surface area contributed by atoms with Crippen LogP contribution in [0.4, 0.5) is 5.69 Å². The molecule has 0 bridgehead atoms. The van der Waals surface area contributed by atoms with Gasteiger partial charge in [-0.05, 0) is 54.4 Å². The van der Waals surface area contributed by atoms with Gasteiger partial charge in [0.2, 0.25) is 0 Å². The second-order valence-corrected chi connectivity index (χ2v) is 11.7. The average molecular weight is 510 g/mol. The molecule has 4 heteroatoms. The van der Waals surface area contributed by atoms with Crippen LogP contribution in [-0.2, 0) is 0 Å². The summed E-state index contributed by atoms with van der Waals surface area (Å²) in [7, 11) is 2.49. The van der Waals surface area contributed by atoms with Crippen molar-refractivity contribution >= 4 is 35.7 Å². The van der Waals surface area contributed by atoms with Gasteiger partial charge in [-0.1, -0.05) is 100 Å². The molecular formula is C33H36NO2P. The molecule has 37 heavy (non-hydrogen) atoms. The van der Waals surface area contributed by atoms with Crippen LogP contribution in [0, 0.1) is 0 Å². The molecule has 0 saturated heterocycles. The van der Waals surface area contributed by atoms with Crippen LogP contribution in [-0.4, -0.2) is 20.4 Å². The first-order chi connectivity index (χ1) is 17.9. The summed E-state index contributed by atoms with van der Waals surface area (Å²) in [5, 5.41) is 3.51. The number of hydrogen-bond donors (Lipinski definition) is 0. The summed E-state index contributed by atoms with van der Waals surface area (Å²) in [5.41, 5.74) is 4.69. The molecule has 0 saturated carbocycles. The van der Waals surface area contributed by atoms with E-state index in [-0.39, 0.29) is 0 Å². The molecular weight excluding hydrogens is 473 g/mol. The molecule has 0 atom stereocenters. The first-order valence-corrected chi connectivity index (χ1v) is 14.1. The predicted molar refractivity (Wildman–Crippen MR) is 160 cm³/mol. The van der Waals surface area contributed by atoms with E-state index >= 15 is 0 Å². The maximum Gasteiger partial charge on any atom is 0.127 e. The number of rotatable bonds is 9. The van der Waals surface area contributed by atoms with Gasteiger partial charge in [0.15, 0.2) is 0 Å². The zero-order valence-corrected chi connectivity index (χ0v) is 23.5. The van der Waals surface area contributed by atoms with Gasteiger partial charge in [-0.25, -0.2) is 0 Å². The number of hydrogen-bond acceptors (Lipinski definition) is 3. The van der Waals surface area contributed by atoms with Gasteiger partial charge in [-0.15, -0.1) is 0 Å². The van der Waals surface area contributed by atoms with Crippen molar-refractivity contribution in [2.45, 2.75) is 39.5 Å². The molecule has 0 aliphatic carbocycles. The maximum atomic E-state index is 5.83. The third-order valence-electron chi connectivity index (χ3n) is 6.52. The van der Waals surface area contributed by atoms with Gasteiger partial charge < -0.3 is 9.47 Å². The van der Waals surface area contributed by atoms with Gasteiger partial charge in [-0.2, -0.15) is 0 Å². The number of ether oxygens (including phenoxy) is 2. The summed E-state index contributed by atoms with van der Waals surface area (Å²) in [6.07, 6.45) is 2.03. The van der Waals surface area contributed by atoms with Crippen LogP contribution in [0.2, 0.25) is 0 Å². The average Bonchev–Trinajstić information content (AvgIpc) is 2.93. The molecule has 0 amide bonds. The molecule has 0 aliphatic heterocycles. The van der Waals surface area contributed by atoms with Crippen LogP contribution in [0.5, 0.6) is 11.5 Å². The first kappa shape index (κ1) is 26.6. The van der Waals surface area contributed by atoms with E-state index in [0.717, 1.165) is 33.4 Å². The van der Waals surface area contributed by atoms with Gasteiger partial charge >= 0.3 is 0 Å². The molecule has 0 fully saturated rings. The topological polar surface area (TPSA) is 30.8 Å². The highest BCUT2D eigenvalue weighted by molar-refractivity contribution is 7.80. The molecule has 0 aliphatic rings. The van der Waals surface area contributed by atoms with Crippen LogP contribution < -0.4 is 25.4 Å². The highest BCUT2D eigenvalue weighted by atomic mass is 31.1. The minimum Gasteiger partial charge on any atom is -0.496 e. The molecule has 0 unspecified atom stereocenters. The van der Waals surface area contributed by atoms with Gasteiger partial charge in [-0.3, -0.25) is 4.99 Å². The van der Waals surface area contributed by atoms with Crippen molar-refractivity contribution in [1.29, 1.82) is 0 Å². The highest BCUT2D eigenvalue weighted by Crippen LogP contribution is 2.40. The Morgan fingerprint density at radius 1 is 0.649 bits per heavy atom. The molecule has 3 nitrogen and oxygen atoms in total. The van der Waals surface area contributed by atoms with Crippen molar-refractivity contribution in [3.8, 4) is 11.5 Å². The Kier molecular flexibility index (Phi) is 8.79. The van der Waals surface area contributed by atoms with Crippen LogP contribution in [0.25, 0.3) is 0 Å². The van der Waals surface area contributed by atoms with E-state index in [1.807, 2.05) is 30.5 Å². The molecule has 190 valence electrons. The van der Waals surface area contributed by atoms with Crippen LogP contribution in [0.3, 0.4) is 0 Å². The molecule has 0 N–H and O–H groups in total. The van der Waals surface area contributed by atoms with E-state index in [1.165, 1.54) is 16.4 Å². The van der Waals surface area contributed by atoms with Crippen molar-refractivity contribution in [3.05, 3.63) is 108 Å². The Labute approximate surface area is 223 Å². The van der Waals surface area contributed by atoms with Crippen molar-refractivity contribution in [2.24, 2.45) is 4.99 Å². The fourth-order valence-electron chi connectivity index (χ4n) is 4.48. The van der Waals surface area contributed by atoms with E-state index in [2.05, 4.69) is 94.4 Å². The lowest BCUT2D eigenvalue weighted by atomic mass is 9.95. The lowest BCUT2D eigenvalue weighted by molar-refractivity contribution is 0.417. The van der Waals surface area contributed by atoms with Crippen LogP contribution in [0.15, 0.2) is 96.0 Å². The first-order valence-electron chi connectivity index (χ1n) is 12.8. The summed E-state index contributed by atoms with van der Waals surface area (Å²) < 4.78 is 11.7. The van der Waals surface area contributed by atoms with Crippen molar-refractivity contribution in [3.63, 3.8) is 0 Å². The maximum absolute atomic E-state index is 5.83. The number of nitrogens with zero attached hydrogens (tertiary/aromatic N) is 1. The third kappa shape index (κ3) is 5.95. The molecule has 0 spiro atoms. The predicted octanol–water partition coefficient (Wildman–Crippen LogP) is 7.46. The summed E-state index contributed by atoms with van der Waals surface area (Å²) >= 11 is 0. The molecule has 4 rings (SSSR count). The SMILES string of the molecule is COc1ccccc1P(c1ccccc1C=Nc1cc(C(C)C)ccc1C(C)C)c1ccccc1OC. The summed E-state index contributed by atoms with van der Waals surface area (Å²) in [4.78, 5) is 5.08. The lowest BCUT2D eigenvalue weighted by Crippen LogP contribution is -2.25. The van der Waals surface area contributed by atoms with Crippen molar-refractivity contribution < 1.29 is 9.47 Å². The van der Waals surface area contributed by atoms with Crippen LogP contribution >= 0.6 is 7.92 Å². The van der Waals surface area contributed by atoms with E-state index in [9.17, 15) is 0 Å². The van der Waals surface area contributed by atoms with E-state index in [4.69, 9.17) is 14.5 Å². The number of aliphatic imine (C=N–C) groups is 1. The molecule has 4 aromatic carbocycles. The monoisotopic (exact) mass is 509 g/mol. The van der Waals surface area contributed by atoms with E-state index in [0.29, 0.717) is 11.8 Å². The minimum absolute atomic E-state index is 0.392. The Bertz CT molecular complexity index is 1330. The quantitative estimate of drug-likeness (QED) is 0.173. The highest BCUT2D eigenvalue weighted by Gasteiger charge is 2.25. The van der Waals surface area contributed by atoms with Crippen molar-refractivity contribution in [1.82, 2.24) is 0 Å². The van der Waals surface area contributed by atoms with Crippen LogP contribution in [0.1, 0.15) is 56.2 Å². The molecule has 0 heterocycles. The smallest absolute Gasteiger partial charge is 0.127 e. The van der Waals surface area contributed by atoms with E-state index < -0.39 is 7.92 Å². The largest absolute Gasteiger partial charge is 0.496 e. The van der Waals surface area contributed by atoms with Crippen molar-refractivity contribution in [2.75, 3.05) is 14.2 Å². The van der Waals surface area contributed by atoms with Gasteiger partial charge in [0.1, 0.15) is 11.5 Å².